The van der Waals surface area contributed by atoms with E-state index in [2.05, 4.69) is 15.9 Å². The van der Waals surface area contributed by atoms with Gasteiger partial charge in [-0.3, -0.25) is 0 Å². The van der Waals surface area contributed by atoms with Gasteiger partial charge in [-0.25, -0.2) is 13.6 Å². The average molecular weight is 356 g/mol. The molecule has 0 aliphatic rings. The molecular weight excluding hydrogens is 344 g/mol. The summed E-state index contributed by atoms with van der Waals surface area (Å²) in [6.45, 7) is 1.20. The number of carbonyl (C=O) groups excluding carboxylic acids is 1. The minimum atomic E-state index is -0.887. The topological polar surface area (TPSA) is 52.3 Å². The fourth-order valence-electron chi connectivity index (χ4n) is 1.82. The smallest absolute Gasteiger partial charge is 0.341 e. The highest BCUT2D eigenvalue weighted by molar-refractivity contribution is 9.10. The highest BCUT2D eigenvalue weighted by Gasteiger charge is 2.17. The molecule has 2 aromatic carbocycles. The van der Waals surface area contributed by atoms with E-state index in [-0.39, 0.29) is 29.0 Å². The van der Waals surface area contributed by atoms with Crippen LogP contribution in [0.2, 0.25) is 0 Å². The zero-order chi connectivity index (χ0) is 15.6. The van der Waals surface area contributed by atoms with Gasteiger partial charge in [0.15, 0.2) is 0 Å². The number of ether oxygens (including phenoxy) is 1. The zero-order valence-electron chi connectivity index (χ0n) is 11.1. The third-order valence-corrected chi connectivity index (χ3v) is 3.36. The Morgan fingerprint density at radius 2 is 2.00 bits per heavy atom. The SMILES string of the molecule is Cc1cc(N)cc(C(=O)OCc2cc(Br)ccc2F)c1F. The van der Waals surface area contributed by atoms with Crippen LogP contribution in [0, 0.1) is 18.6 Å². The van der Waals surface area contributed by atoms with Gasteiger partial charge >= 0.3 is 5.97 Å². The molecular formula is C15H12BrF2NO2. The summed E-state index contributed by atoms with van der Waals surface area (Å²) in [5, 5.41) is 0. The van der Waals surface area contributed by atoms with Gasteiger partial charge in [0.2, 0.25) is 0 Å². The largest absolute Gasteiger partial charge is 0.457 e. The van der Waals surface area contributed by atoms with E-state index in [0.29, 0.717) is 4.47 Å². The second kappa shape index (κ2) is 6.22. The molecule has 0 amide bonds. The monoisotopic (exact) mass is 355 g/mol. The first-order valence-corrected chi connectivity index (χ1v) is 6.84. The number of anilines is 1. The number of carbonyl (C=O) groups is 1. The molecule has 2 rings (SSSR count). The molecule has 0 aromatic heterocycles. The van der Waals surface area contributed by atoms with Gasteiger partial charge in [-0.1, -0.05) is 15.9 Å². The Balaban J connectivity index is 2.17. The molecule has 0 unspecified atom stereocenters. The Morgan fingerprint density at radius 1 is 1.29 bits per heavy atom. The highest BCUT2D eigenvalue weighted by Crippen LogP contribution is 2.20. The van der Waals surface area contributed by atoms with E-state index in [1.165, 1.54) is 37.3 Å². The first-order chi connectivity index (χ1) is 9.88. The van der Waals surface area contributed by atoms with Crippen LogP contribution in [0.5, 0.6) is 0 Å². The third-order valence-electron chi connectivity index (χ3n) is 2.86. The number of hydrogen-bond donors (Lipinski definition) is 1. The lowest BCUT2D eigenvalue weighted by Gasteiger charge is -2.09. The summed E-state index contributed by atoms with van der Waals surface area (Å²) in [5.41, 5.74) is 6.01. The second-order valence-corrected chi connectivity index (χ2v) is 5.43. The molecule has 0 aliphatic carbocycles. The predicted molar refractivity (Wildman–Crippen MR) is 78.8 cm³/mol. The van der Waals surface area contributed by atoms with Crippen LogP contribution >= 0.6 is 15.9 Å². The molecule has 0 saturated carbocycles. The number of halogens is 3. The maximum absolute atomic E-state index is 13.9. The number of nitrogen functional groups attached to an aromatic ring is 1. The summed E-state index contributed by atoms with van der Waals surface area (Å²) in [6, 6.07) is 6.88. The van der Waals surface area contributed by atoms with E-state index in [1.807, 2.05) is 0 Å². The van der Waals surface area contributed by atoms with Crippen molar-refractivity contribution in [1.29, 1.82) is 0 Å². The number of benzene rings is 2. The Hall–Kier alpha value is -1.95. The fraction of sp³-hybridized carbons (Fsp3) is 0.133. The molecule has 0 radical (unpaired) electrons. The normalized spacial score (nSPS) is 10.5. The molecule has 0 aliphatic heterocycles. The van der Waals surface area contributed by atoms with Gasteiger partial charge in [0, 0.05) is 15.7 Å². The van der Waals surface area contributed by atoms with Crippen LogP contribution in [0.3, 0.4) is 0 Å². The summed E-state index contributed by atoms with van der Waals surface area (Å²) in [6.07, 6.45) is 0. The van der Waals surface area contributed by atoms with Gasteiger partial charge in [0.25, 0.3) is 0 Å². The first-order valence-electron chi connectivity index (χ1n) is 6.05. The Labute approximate surface area is 128 Å². The second-order valence-electron chi connectivity index (χ2n) is 4.51. The van der Waals surface area contributed by atoms with Gasteiger partial charge in [0.05, 0.1) is 5.56 Å². The maximum Gasteiger partial charge on any atom is 0.341 e. The lowest BCUT2D eigenvalue weighted by atomic mass is 10.1. The minimum absolute atomic E-state index is 0.193. The van der Waals surface area contributed by atoms with Gasteiger partial charge in [-0.05, 0) is 42.8 Å². The van der Waals surface area contributed by atoms with Crippen molar-refractivity contribution < 1.29 is 18.3 Å². The molecule has 0 spiro atoms. The number of nitrogens with two attached hydrogens (primary N) is 1. The molecule has 2 aromatic rings. The van der Waals surface area contributed by atoms with Crippen LogP contribution in [0.1, 0.15) is 21.5 Å². The zero-order valence-corrected chi connectivity index (χ0v) is 12.7. The number of hydrogen-bond acceptors (Lipinski definition) is 3. The average Bonchev–Trinajstić information content (AvgIpc) is 2.43. The van der Waals surface area contributed by atoms with E-state index in [9.17, 15) is 13.6 Å². The Bertz CT molecular complexity index is 704. The molecule has 0 heterocycles. The summed E-state index contributed by atoms with van der Waals surface area (Å²) in [5.74, 6) is -2.08. The van der Waals surface area contributed by atoms with E-state index in [4.69, 9.17) is 10.5 Å². The number of rotatable bonds is 3. The van der Waals surface area contributed by atoms with Crippen LogP contribution in [-0.2, 0) is 11.3 Å². The van der Waals surface area contributed by atoms with Crippen molar-refractivity contribution in [3.05, 3.63) is 63.1 Å². The van der Waals surface area contributed by atoms with Crippen LogP contribution < -0.4 is 5.73 Å². The fourth-order valence-corrected chi connectivity index (χ4v) is 2.23. The first kappa shape index (κ1) is 15.4. The molecule has 0 atom stereocenters. The van der Waals surface area contributed by atoms with Gasteiger partial charge in [0.1, 0.15) is 18.2 Å². The minimum Gasteiger partial charge on any atom is -0.457 e. The molecule has 110 valence electrons. The standard InChI is InChI=1S/C15H12BrF2NO2/c1-8-4-11(19)6-12(14(8)18)15(20)21-7-9-5-10(16)2-3-13(9)17/h2-6H,7,19H2,1H3. The summed E-state index contributed by atoms with van der Waals surface area (Å²) >= 11 is 3.20. The Morgan fingerprint density at radius 3 is 2.71 bits per heavy atom. The molecule has 6 heteroatoms. The van der Waals surface area contributed by atoms with E-state index < -0.39 is 17.6 Å². The maximum atomic E-state index is 13.9. The van der Waals surface area contributed by atoms with Gasteiger partial charge in [-0.15, -0.1) is 0 Å². The van der Waals surface area contributed by atoms with Crippen LogP contribution in [0.15, 0.2) is 34.8 Å². The molecule has 0 bridgehead atoms. The van der Waals surface area contributed by atoms with E-state index in [0.717, 1.165) is 0 Å². The molecule has 0 fully saturated rings. The van der Waals surface area contributed by atoms with Crippen molar-refractivity contribution in [3.63, 3.8) is 0 Å². The highest BCUT2D eigenvalue weighted by atomic mass is 79.9. The van der Waals surface area contributed by atoms with Crippen molar-refractivity contribution in [2.45, 2.75) is 13.5 Å². The van der Waals surface area contributed by atoms with Crippen LogP contribution in [0.25, 0.3) is 0 Å². The number of esters is 1. The van der Waals surface area contributed by atoms with E-state index in [1.54, 1.807) is 0 Å². The summed E-state index contributed by atoms with van der Waals surface area (Å²) in [7, 11) is 0. The van der Waals surface area contributed by atoms with Crippen molar-refractivity contribution >= 4 is 27.6 Å². The quantitative estimate of drug-likeness (QED) is 0.669. The Kier molecular flexibility index (Phi) is 4.57. The van der Waals surface area contributed by atoms with Gasteiger partial charge < -0.3 is 10.5 Å². The van der Waals surface area contributed by atoms with Crippen LogP contribution in [0.4, 0.5) is 14.5 Å². The predicted octanol–water partition coefficient (Wildman–Crippen LogP) is 3.97. The van der Waals surface area contributed by atoms with Crippen LogP contribution in [-0.4, -0.2) is 5.97 Å². The van der Waals surface area contributed by atoms with Gasteiger partial charge in [-0.2, -0.15) is 0 Å². The lowest BCUT2D eigenvalue weighted by Crippen LogP contribution is -2.10. The van der Waals surface area contributed by atoms with Crippen molar-refractivity contribution in [1.82, 2.24) is 0 Å². The summed E-state index contributed by atoms with van der Waals surface area (Å²) < 4.78 is 33.0. The lowest BCUT2D eigenvalue weighted by molar-refractivity contribution is 0.0463. The summed E-state index contributed by atoms with van der Waals surface area (Å²) in [4.78, 5) is 11.9. The molecule has 21 heavy (non-hydrogen) atoms. The number of aryl methyl sites for hydroxylation is 1. The van der Waals surface area contributed by atoms with Crippen molar-refractivity contribution in [3.8, 4) is 0 Å². The molecule has 3 nitrogen and oxygen atoms in total. The van der Waals surface area contributed by atoms with E-state index >= 15 is 0 Å². The van der Waals surface area contributed by atoms with Crippen molar-refractivity contribution in [2.75, 3.05) is 5.73 Å². The van der Waals surface area contributed by atoms with Crippen molar-refractivity contribution in [2.24, 2.45) is 0 Å². The third kappa shape index (κ3) is 3.58. The molecule has 2 N–H and O–H groups in total. The molecule has 0 saturated heterocycles.